The molecule has 6 rings (SSSR count). The minimum Gasteiger partial charge on any atom is -0.347 e. The lowest BCUT2D eigenvalue weighted by atomic mass is 10.1. The first kappa shape index (κ1) is 24.9. The molecular weight excluding hydrogens is 488 g/mol. The maximum atomic E-state index is 4.97. The Balaban J connectivity index is 1.29. The Morgan fingerprint density at radius 1 is 1.21 bits per heavy atom. The second-order valence-electron chi connectivity index (χ2n) is 10.2. The van der Waals surface area contributed by atoms with E-state index >= 15 is 0 Å². The Morgan fingerprint density at radius 3 is 2.92 bits per heavy atom. The summed E-state index contributed by atoms with van der Waals surface area (Å²) in [6, 6.07) is 8.07. The number of fused-ring (bicyclic) bond motifs is 2. The number of nitrogens with one attached hydrogen (secondary N) is 3. The number of anilines is 1. The van der Waals surface area contributed by atoms with Gasteiger partial charge >= 0.3 is 0 Å². The highest BCUT2D eigenvalue weighted by molar-refractivity contribution is 5.93. The summed E-state index contributed by atoms with van der Waals surface area (Å²) in [5.41, 5.74) is 8.28. The first-order chi connectivity index (χ1) is 19.1. The van der Waals surface area contributed by atoms with Gasteiger partial charge in [-0.15, -0.1) is 0 Å². The van der Waals surface area contributed by atoms with E-state index in [0.29, 0.717) is 17.2 Å². The van der Waals surface area contributed by atoms with Gasteiger partial charge in [0.05, 0.1) is 22.6 Å². The number of pyridine rings is 3. The van der Waals surface area contributed by atoms with Crippen LogP contribution in [0.1, 0.15) is 38.2 Å². The number of hydrogen-bond acceptors (Lipinski definition) is 8. The topological polar surface area (TPSA) is 124 Å². The van der Waals surface area contributed by atoms with Gasteiger partial charge in [0.25, 0.3) is 0 Å². The number of aromatic nitrogens is 7. The summed E-state index contributed by atoms with van der Waals surface area (Å²) >= 11 is 0. The zero-order valence-corrected chi connectivity index (χ0v) is 22.3. The number of H-pyrrole nitrogens is 2. The van der Waals surface area contributed by atoms with E-state index in [4.69, 9.17) is 9.97 Å². The summed E-state index contributed by atoms with van der Waals surface area (Å²) in [5, 5.41) is 11.2. The molecule has 0 aliphatic heterocycles. The van der Waals surface area contributed by atoms with E-state index in [1.807, 2.05) is 55.7 Å². The molecule has 39 heavy (non-hydrogen) atoms. The normalized spacial score (nSPS) is 14.5. The van der Waals surface area contributed by atoms with Gasteiger partial charge < -0.3 is 15.2 Å². The summed E-state index contributed by atoms with van der Waals surface area (Å²) in [5.74, 6) is 1.40. The van der Waals surface area contributed by atoms with Gasteiger partial charge in [-0.2, -0.15) is 5.10 Å². The Kier molecular flexibility index (Phi) is 6.85. The van der Waals surface area contributed by atoms with Gasteiger partial charge in [-0.25, -0.2) is 15.0 Å². The third-order valence-electron chi connectivity index (χ3n) is 7.34. The van der Waals surface area contributed by atoms with Gasteiger partial charge in [-0.3, -0.25) is 15.1 Å². The van der Waals surface area contributed by atoms with E-state index < -0.39 is 0 Å². The number of imidazole rings is 1. The molecule has 0 spiro atoms. The van der Waals surface area contributed by atoms with Crippen LogP contribution in [0.4, 0.5) is 5.69 Å². The van der Waals surface area contributed by atoms with Crippen LogP contribution in [0.3, 0.4) is 0 Å². The molecule has 0 radical (unpaired) electrons. The van der Waals surface area contributed by atoms with Crippen molar-refractivity contribution in [2.24, 2.45) is 10.9 Å². The highest BCUT2D eigenvalue weighted by atomic mass is 15.2. The maximum Gasteiger partial charge on any atom is 0.180 e. The van der Waals surface area contributed by atoms with Crippen molar-refractivity contribution in [3.63, 3.8) is 0 Å². The molecule has 5 aromatic heterocycles. The van der Waals surface area contributed by atoms with Gasteiger partial charge in [0.2, 0.25) is 0 Å². The lowest BCUT2D eigenvalue weighted by molar-refractivity contribution is 0.489. The fourth-order valence-corrected chi connectivity index (χ4v) is 5.28. The fourth-order valence-electron chi connectivity index (χ4n) is 5.28. The summed E-state index contributed by atoms with van der Waals surface area (Å²) in [7, 11) is 1.95. The molecule has 0 bridgehead atoms. The van der Waals surface area contributed by atoms with Crippen molar-refractivity contribution in [2.45, 2.75) is 39.2 Å². The van der Waals surface area contributed by atoms with Crippen LogP contribution in [0, 0.1) is 5.92 Å². The molecule has 1 fully saturated rings. The van der Waals surface area contributed by atoms with Crippen LogP contribution in [0.25, 0.3) is 45.0 Å². The Morgan fingerprint density at radius 2 is 2.08 bits per heavy atom. The molecule has 198 valence electrons. The molecule has 0 amide bonds. The third-order valence-corrected chi connectivity index (χ3v) is 7.34. The SMILES string of the molecule is C=N/C(C)=C\N(C)c1ccnc2nc(-c3n[nH]c4ccc(-c5cncc(CNCC6CCCC6)c5)nc34)[nH]c12. The van der Waals surface area contributed by atoms with Crippen molar-refractivity contribution in [1.29, 1.82) is 0 Å². The zero-order valence-electron chi connectivity index (χ0n) is 22.3. The van der Waals surface area contributed by atoms with Crippen LogP contribution in [0.15, 0.2) is 59.7 Å². The predicted octanol–water partition coefficient (Wildman–Crippen LogP) is 5.24. The average Bonchev–Trinajstić information content (AvgIpc) is 3.72. The Bertz CT molecular complexity index is 1660. The van der Waals surface area contributed by atoms with Crippen molar-refractivity contribution in [1.82, 2.24) is 40.4 Å². The molecule has 10 heteroatoms. The van der Waals surface area contributed by atoms with Crippen molar-refractivity contribution >= 4 is 34.6 Å². The zero-order chi connectivity index (χ0) is 26.8. The summed E-state index contributed by atoms with van der Waals surface area (Å²) < 4.78 is 0. The standard InChI is InChI=1S/C29H32N10/c1-18(30-2)17-39(3)24-10-11-33-28-26(24)35-29(36-28)27-25-23(37-38-27)9-8-22(34-25)21-12-20(15-32-16-21)14-31-13-19-6-4-5-7-19/h8-12,15-17,19,31H,2,4-7,13-14H2,1,3H3,(H,37,38)(H,33,35,36)/b18-17-. The van der Waals surface area contributed by atoms with Crippen molar-refractivity contribution < 1.29 is 0 Å². The first-order valence-electron chi connectivity index (χ1n) is 13.3. The van der Waals surface area contributed by atoms with Crippen molar-refractivity contribution in [2.75, 3.05) is 18.5 Å². The van der Waals surface area contributed by atoms with Crippen LogP contribution < -0.4 is 10.2 Å². The number of aliphatic imine (C=N–C) groups is 1. The number of hydrogen-bond donors (Lipinski definition) is 3. The van der Waals surface area contributed by atoms with Crippen LogP contribution in [0.5, 0.6) is 0 Å². The molecule has 3 N–H and O–H groups in total. The molecule has 1 aliphatic rings. The van der Waals surface area contributed by atoms with E-state index in [1.54, 1.807) is 6.20 Å². The number of aromatic amines is 2. The monoisotopic (exact) mass is 520 g/mol. The molecule has 0 aromatic carbocycles. The lowest BCUT2D eigenvalue weighted by Gasteiger charge is -2.14. The average molecular weight is 521 g/mol. The molecule has 1 aliphatic carbocycles. The summed E-state index contributed by atoms with van der Waals surface area (Å²) in [4.78, 5) is 28.0. The summed E-state index contributed by atoms with van der Waals surface area (Å²) in [6.07, 6.45) is 12.8. The smallest absolute Gasteiger partial charge is 0.180 e. The van der Waals surface area contributed by atoms with Gasteiger partial charge in [-0.05, 0) is 68.8 Å². The second-order valence-corrected chi connectivity index (χ2v) is 10.2. The second kappa shape index (κ2) is 10.7. The van der Waals surface area contributed by atoms with Gasteiger partial charge in [0, 0.05) is 43.9 Å². The molecule has 10 nitrogen and oxygen atoms in total. The highest BCUT2D eigenvalue weighted by Crippen LogP contribution is 2.30. The van der Waals surface area contributed by atoms with E-state index in [1.165, 1.54) is 25.7 Å². The minimum absolute atomic E-state index is 0.597. The number of allylic oxidation sites excluding steroid dienone is 1. The van der Waals surface area contributed by atoms with E-state index in [2.05, 4.69) is 48.2 Å². The highest BCUT2D eigenvalue weighted by Gasteiger charge is 2.18. The van der Waals surface area contributed by atoms with E-state index in [0.717, 1.165) is 63.8 Å². The quantitative estimate of drug-likeness (QED) is 0.227. The van der Waals surface area contributed by atoms with Gasteiger partial charge in [0.15, 0.2) is 17.2 Å². The molecule has 0 unspecified atom stereocenters. The molecule has 0 saturated heterocycles. The predicted molar refractivity (Wildman–Crippen MR) is 155 cm³/mol. The van der Waals surface area contributed by atoms with E-state index in [-0.39, 0.29) is 0 Å². The molecule has 1 saturated carbocycles. The van der Waals surface area contributed by atoms with Crippen LogP contribution in [-0.2, 0) is 6.54 Å². The molecular formula is C29H32N10. The number of rotatable bonds is 9. The number of nitrogens with zero attached hydrogens (tertiary/aromatic N) is 7. The van der Waals surface area contributed by atoms with Crippen molar-refractivity contribution in [3.8, 4) is 22.8 Å². The van der Waals surface area contributed by atoms with Crippen molar-refractivity contribution in [3.05, 3.63) is 60.3 Å². The maximum absolute atomic E-state index is 4.97. The van der Waals surface area contributed by atoms with Gasteiger partial charge in [0.1, 0.15) is 11.0 Å². The lowest BCUT2D eigenvalue weighted by Crippen LogP contribution is -2.20. The Hall–Kier alpha value is -4.44. The molecule has 0 atom stereocenters. The fraction of sp³-hybridized carbons (Fsp3) is 0.310. The van der Waals surface area contributed by atoms with E-state index in [9.17, 15) is 0 Å². The third kappa shape index (κ3) is 5.15. The van der Waals surface area contributed by atoms with Gasteiger partial charge in [-0.1, -0.05) is 12.8 Å². The largest absolute Gasteiger partial charge is 0.347 e. The minimum atomic E-state index is 0.597. The van der Waals surface area contributed by atoms with Crippen LogP contribution in [-0.4, -0.2) is 55.4 Å². The van der Waals surface area contributed by atoms with Crippen LogP contribution >= 0.6 is 0 Å². The molecule has 5 heterocycles. The summed E-state index contributed by atoms with van der Waals surface area (Å²) in [6.45, 7) is 7.36. The van der Waals surface area contributed by atoms with Crippen LogP contribution in [0.2, 0.25) is 0 Å². The first-order valence-corrected chi connectivity index (χ1v) is 13.3. The Labute approximate surface area is 226 Å². The molecule has 5 aromatic rings.